The molecular weight excluding hydrogens is 202 g/mol. The normalized spacial score (nSPS) is 17.6. The molecule has 0 amide bonds. The topological polar surface area (TPSA) is 30.5 Å². The third-order valence-corrected chi connectivity index (χ3v) is 3.11. The molecule has 0 radical (unpaired) electrons. The van der Waals surface area contributed by atoms with Gasteiger partial charge >= 0.3 is 0 Å². The minimum atomic E-state index is 0.523. The van der Waals surface area contributed by atoms with Gasteiger partial charge in [-0.2, -0.15) is 0 Å². The molecule has 0 bridgehead atoms. The number of benzene rings is 1. The third kappa shape index (κ3) is 3.04. The van der Waals surface area contributed by atoms with Crippen molar-refractivity contribution in [2.24, 2.45) is 0 Å². The summed E-state index contributed by atoms with van der Waals surface area (Å²) in [5, 5.41) is 3.39. The molecule has 1 aliphatic rings. The van der Waals surface area contributed by atoms with E-state index < -0.39 is 0 Å². The van der Waals surface area contributed by atoms with Crippen molar-refractivity contribution in [3.05, 3.63) is 35.4 Å². The molecule has 1 aromatic carbocycles. The number of hydrogen-bond acceptors (Lipinski definition) is 3. The zero-order chi connectivity index (χ0) is 11.2. The van der Waals surface area contributed by atoms with E-state index in [9.17, 15) is 0 Å². The van der Waals surface area contributed by atoms with Gasteiger partial charge in [0.2, 0.25) is 0 Å². The first-order valence-corrected chi connectivity index (χ1v) is 5.85. The highest BCUT2D eigenvalue weighted by Gasteiger charge is 2.14. The Morgan fingerprint density at radius 3 is 2.88 bits per heavy atom. The standard InChI is InChI=1S/C13H19NO2/c1-15-16-10-11-3-2-4-13(9-11)12-5-7-14-8-6-12/h2-4,9,12,14H,5-8,10H2,1H3. The maximum absolute atomic E-state index is 4.95. The highest BCUT2D eigenvalue weighted by Crippen LogP contribution is 2.25. The van der Waals surface area contributed by atoms with Crippen LogP contribution in [-0.4, -0.2) is 20.2 Å². The molecule has 0 unspecified atom stereocenters. The fraction of sp³-hybridized carbons (Fsp3) is 0.538. The summed E-state index contributed by atoms with van der Waals surface area (Å²) in [6.45, 7) is 2.78. The Bertz CT molecular complexity index is 321. The zero-order valence-corrected chi connectivity index (χ0v) is 9.74. The molecule has 1 fully saturated rings. The molecule has 0 saturated carbocycles. The van der Waals surface area contributed by atoms with Gasteiger partial charge in [-0.25, -0.2) is 9.78 Å². The van der Waals surface area contributed by atoms with Crippen LogP contribution < -0.4 is 5.32 Å². The summed E-state index contributed by atoms with van der Waals surface area (Å²) in [5.41, 5.74) is 2.61. The maximum atomic E-state index is 4.95. The highest BCUT2D eigenvalue weighted by atomic mass is 17.2. The predicted molar refractivity (Wildman–Crippen MR) is 63.1 cm³/mol. The lowest BCUT2D eigenvalue weighted by Gasteiger charge is -2.23. The molecule has 1 saturated heterocycles. The summed E-state index contributed by atoms with van der Waals surface area (Å²) in [6.07, 6.45) is 2.46. The van der Waals surface area contributed by atoms with Gasteiger partial charge in [-0.1, -0.05) is 24.3 Å². The van der Waals surface area contributed by atoms with Gasteiger partial charge in [-0.05, 0) is 43.0 Å². The van der Waals surface area contributed by atoms with Crippen LogP contribution in [-0.2, 0) is 16.4 Å². The first-order valence-electron chi connectivity index (χ1n) is 5.85. The minimum absolute atomic E-state index is 0.523. The van der Waals surface area contributed by atoms with E-state index in [0.717, 1.165) is 13.1 Å². The van der Waals surface area contributed by atoms with Crippen LogP contribution in [0.15, 0.2) is 24.3 Å². The minimum Gasteiger partial charge on any atom is -0.317 e. The van der Waals surface area contributed by atoms with Gasteiger partial charge in [-0.15, -0.1) is 0 Å². The summed E-state index contributed by atoms with van der Waals surface area (Å²) >= 11 is 0. The van der Waals surface area contributed by atoms with Crippen molar-refractivity contribution in [3.8, 4) is 0 Å². The van der Waals surface area contributed by atoms with E-state index in [-0.39, 0.29) is 0 Å². The molecule has 0 aliphatic carbocycles. The van der Waals surface area contributed by atoms with Crippen molar-refractivity contribution < 1.29 is 9.78 Å². The van der Waals surface area contributed by atoms with E-state index in [1.54, 1.807) is 0 Å². The second-order valence-electron chi connectivity index (χ2n) is 4.20. The van der Waals surface area contributed by atoms with Gasteiger partial charge in [0.1, 0.15) is 6.61 Å². The Balaban J connectivity index is 2.02. The van der Waals surface area contributed by atoms with Gasteiger partial charge in [-0.3, -0.25) is 0 Å². The summed E-state index contributed by atoms with van der Waals surface area (Å²) in [4.78, 5) is 9.57. The lowest BCUT2D eigenvalue weighted by atomic mass is 9.89. The van der Waals surface area contributed by atoms with Crippen LogP contribution in [0.4, 0.5) is 0 Å². The van der Waals surface area contributed by atoms with Crippen molar-refractivity contribution in [2.45, 2.75) is 25.4 Å². The summed E-state index contributed by atoms with van der Waals surface area (Å²) in [5.74, 6) is 0.698. The molecule has 0 atom stereocenters. The van der Waals surface area contributed by atoms with E-state index in [4.69, 9.17) is 4.89 Å². The van der Waals surface area contributed by atoms with E-state index in [1.165, 1.54) is 31.1 Å². The first kappa shape index (κ1) is 11.6. The molecule has 2 rings (SSSR count). The Morgan fingerprint density at radius 1 is 1.31 bits per heavy atom. The molecule has 3 nitrogen and oxygen atoms in total. The van der Waals surface area contributed by atoms with Gasteiger partial charge in [0, 0.05) is 0 Å². The summed E-state index contributed by atoms with van der Waals surface area (Å²) in [7, 11) is 1.54. The molecule has 88 valence electrons. The van der Waals surface area contributed by atoms with Crippen molar-refractivity contribution >= 4 is 0 Å². The molecule has 16 heavy (non-hydrogen) atoms. The fourth-order valence-corrected chi connectivity index (χ4v) is 2.22. The van der Waals surface area contributed by atoms with E-state index in [1.807, 2.05) is 0 Å². The zero-order valence-electron chi connectivity index (χ0n) is 9.74. The van der Waals surface area contributed by atoms with Crippen LogP contribution >= 0.6 is 0 Å². The van der Waals surface area contributed by atoms with Gasteiger partial charge in [0.15, 0.2) is 0 Å². The van der Waals surface area contributed by atoms with Crippen LogP contribution in [0, 0.1) is 0 Å². The van der Waals surface area contributed by atoms with Gasteiger partial charge in [0.05, 0.1) is 7.11 Å². The van der Waals surface area contributed by atoms with Gasteiger partial charge < -0.3 is 5.32 Å². The summed E-state index contributed by atoms with van der Waals surface area (Å²) in [6, 6.07) is 8.62. The van der Waals surface area contributed by atoms with Crippen molar-refractivity contribution in [1.29, 1.82) is 0 Å². The number of rotatable bonds is 4. The lowest BCUT2D eigenvalue weighted by Crippen LogP contribution is -2.26. The first-order chi connectivity index (χ1) is 7.90. The molecule has 0 aromatic heterocycles. The van der Waals surface area contributed by atoms with Crippen LogP contribution in [0.2, 0.25) is 0 Å². The predicted octanol–water partition coefficient (Wildman–Crippen LogP) is 2.23. The average molecular weight is 221 g/mol. The van der Waals surface area contributed by atoms with E-state index in [0.29, 0.717) is 12.5 Å². The second kappa shape index (κ2) is 5.99. The van der Waals surface area contributed by atoms with Gasteiger partial charge in [0.25, 0.3) is 0 Å². The number of hydrogen-bond donors (Lipinski definition) is 1. The Morgan fingerprint density at radius 2 is 2.12 bits per heavy atom. The SMILES string of the molecule is COOCc1cccc(C2CCNCC2)c1. The monoisotopic (exact) mass is 221 g/mol. The highest BCUT2D eigenvalue weighted by molar-refractivity contribution is 5.26. The van der Waals surface area contributed by atoms with Crippen LogP contribution in [0.3, 0.4) is 0 Å². The smallest absolute Gasteiger partial charge is 0.107 e. The molecule has 3 heteroatoms. The van der Waals surface area contributed by atoms with Crippen LogP contribution in [0.5, 0.6) is 0 Å². The molecule has 1 aliphatic heterocycles. The van der Waals surface area contributed by atoms with Crippen LogP contribution in [0.1, 0.15) is 29.9 Å². The average Bonchev–Trinajstić information content (AvgIpc) is 2.38. The van der Waals surface area contributed by atoms with Crippen molar-refractivity contribution in [3.63, 3.8) is 0 Å². The van der Waals surface area contributed by atoms with Crippen molar-refractivity contribution in [1.82, 2.24) is 5.32 Å². The van der Waals surface area contributed by atoms with E-state index in [2.05, 4.69) is 34.5 Å². The molecule has 1 N–H and O–H groups in total. The van der Waals surface area contributed by atoms with E-state index >= 15 is 0 Å². The quantitative estimate of drug-likeness (QED) is 0.624. The largest absolute Gasteiger partial charge is 0.317 e. The Labute approximate surface area is 96.7 Å². The fourth-order valence-electron chi connectivity index (χ4n) is 2.22. The Kier molecular flexibility index (Phi) is 4.34. The lowest BCUT2D eigenvalue weighted by molar-refractivity contribution is -0.282. The molecule has 1 heterocycles. The second-order valence-corrected chi connectivity index (χ2v) is 4.20. The molecular formula is C13H19NO2. The van der Waals surface area contributed by atoms with Crippen molar-refractivity contribution in [2.75, 3.05) is 20.2 Å². The maximum Gasteiger partial charge on any atom is 0.107 e. The summed E-state index contributed by atoms with van der Waals surface area (Å²) < 4.78 is 0. The Hall–Kier alpha value is -0.900. The third-order valence-electron chi connectivity index (χ3n) is 3.11. The molecule has 0 spiro atoms. The number of nitrogens with one attached hydrogen (secondary N) is 1. The number of piperidine rings is 1. The molecule has 1 aromatic rings. The van der Waals surface area contributed by atoms with Crippen LogP contribution in [0.25, 0.3) is 0 Å².